The van der Waals surface area contributed by atoms with Crippen LogP contribution < -0.4 is 5.32 Å². The van der Waals surface area contributed by atoms with Crippen molar-refractivity contribution < 1.29 is 9.18 Å². The van der Waals surface area contributed by atoms with Gasteiger partial charge in [-0.05, 0) is 59.9 Å². The second kappa shape index (κ2) is 5.78. The molecule has 27 heavy (non-hydrogen) atoms. The van der Waals surface area contributed by atoms with E-state index in [0.29, 0.717) is 5.69 Å². The molecule has 6 rings (SSSR count). The highest BCUT2D eigenvalue weighted by atomic mass is 19.1. The number of hydrogen-bond donors (Lipinski definition) is 1. The molecule has 2 bridgehead atoms. The maximum Gasteiger partial charge on any atom is 0.231 e. The smallest absolute Gasteiger partial charge is 0.231 e. The summed E-state index contributed by atoms with van der Waals surface area (Å²) in [5.41, 5.74) is 5.27. The number of fused-ring (bicyclic) bond motifs is 1. The van der Waals surface area contributed by atoms with Gasteiger partial charge in [0, 0.05) is 17.5 Å². The third-order valence-corrected chi connectivity index (χ3v) is 6.25. The van der Waals surface area contributed by atoms with Gasteiger partial charge >= 0.3 is 0 Å². The van der Waals surface area contributed by atoms with E-state index < -0.39 is 5.41 Å². The van der Waals surface area contributed by atoms with E-state index in [2.05, 4.69) is 60.8 Å². The molecule has 3 aliphatic rings. The number of nitrogens with one attached hydrogen (secondary N) is 1. The highest BCUT2D eigenvalue weighted by Gasteiger charge is 2.53. The van der Waals surface area contributed by atoms with Crippen LogP contribution in [0.1, 0.15) is 47.4 Å². The average Bonchev–Trinajstić information content (AvgIpc) is 2.70. The van der Waals surface area contributed by atoms with E-state index in [9.17, 15) is 9.18 Å². The number of carbonyl (C=O) groups excluding carboxylic acids is 1. The molecule has 0 spiro atoms. The van der Waals surface area contributed by atoms with Gasteiger partial charge in [-0.1, -0.05) is 48.5 Å². The van der Waals surface area contributed by atoms with E-state index in [1.54, 1.807) is 12.1 Å². The Kier molecular flexibility index (Phi) is 3.48. The van der Waals surface area contributed by atoms with Crippen LogP contribution in [0.5, 0.6) is 0 Å². The van der Waals surface area contributed by atoms with E-state index in [0.717, 1.165) is 6.42 Å². The fourth-order valence-electron chi connectivity index (χ4n) is 5.00. The Labute approximate surface area is 158 Å². The molecule has 0 saturated heterocycles. The molecule has 1 amide bonds. The van der Waals surface area contributed by atoms with Crippen molar-refractivity contribution in [1.82, 2.24) is 0 Å². The lowest BCUT2D eigenvalue weighted by Crippen LogP contribution is -2.47. The lowest BCUT2D eigenvalue weighted by molar-refractivity contribution is -0.126. The van der Waals surface area contributed by atoms with Gasteiger partial charge in [0.15, 0.2) is 0 Å². The minimum atomic E-state index is -0.554. The SMILES string of the molecule is C[C@@]1(C(=O)Nc2ccc(F)cc2)CC2c3ccccc3C1c1ccccc12. The van der Waals surface area contributed by atoms with Gasteiger partial charge in [0.1, 0.15) is 5.82 Å². The first-order valence-electron chi connectivity index (χ1n) is 9.32. The van der Waals surface area contributed by atoms with Gasteiger partial charge < -0.3 is 5.32 Å². The van der Waals surface area contributed by atoms with Gasteiger partial charge in [0.25, 0.3) is 0 Å². The zero-order chi connectivity index (χ0) is 18.6. The summed E-state index contributed by atoms with van der Waals surface area (Å²) < 4.78 is 13.2. The number of amides is 1. The van der Waals surface area contributed by atoms with E-state index in [4.69, 9.17) is 0 Å². The molecule has 3 heteroatoms. The molecule has 0 unspecified atom stereocenters. The summed E-state index contributed by atoms with van der Waals surface area (Å²) >= 11 is 0. The molecule has 1 atom stereocenters. The van der Waals surface area contributed by atoms with Crippen LogP contribution in [0.4, 0.5) is 10.1 Å². The van der Waals surface area contributed by atoms with Crippen molar-refractivity contribution in [3.63, 3.8) is 0 Å². The third-order valence-electron chi connectivity index (χ3n) is 6.25. The Morgan fingerprint density at radius 1 is 0.889 bits per heavy atom. The standard InChI is InChI=1S/C24H20FNO/c1-24(23(27)26-16-12-10-15(25)11-13-16)14-21-17-6-2-4-8-19(17)22(24)20-9-5-3-7-18(20)21/h2-13,21-22H,14H2,1H3,(H,26,27)/t21?,22?,24-/m1/s1. The fraction of sp³-hybridized carbons (Fsp3) is 0.208. The second-order valence-electron chi connectivity index (χ2n) is 7.83. The molecule has 0 heterocycles. The zero-order valence-corrected chi connectivity index (χ0v) is 15.1. The van der Waals surface area contributed by atoms with Crippen LogP contribution in [-0.4, -0.2) is 5.91 Å². The number of anilines is 1. The molecule has 3 aromatic rings. The molecule has 2 nitrogen and oxygen atoms in total. The van der Waals surface area contributed by atoms with Crippen LogP contribution in [0.2, 0.25) is 0 Å². The number of hydrogen-bond acceptors (Lipinski definition) is 1. The van der Waals surface area contributed by atoms with Crippen LogP contribution in [0, 0.1) is 11.2 Å². The number of carbonyl (C=O) groups is 1. The summed E-state index contributed by atoms with van der Waals surface area (Å²) in [5.74, 6) is -0.0615. The van der Waals surface area contributed by atoms with Crippen molar-refractivity contribution in [3.05, 3.63) is 101 Å². The topological polar surface area (TPSA) is 29.1 Å². The van der Waals surface area contributed by atoms with Crippen molar-refractivity contribution in [3.8, 4) is 0 Å². The molecule has 0 aromatic heterocycles. The normalized spacial score (nSPS) is 24.8. The van der Waals surface area contributed by atoms with E-state index in [1.165, 1.54) is 34.4 Å². The summed E-state index contributed by atoms with van der Waals surface area (Å²) in [5, 5.41) is 3.02. The van der Waals surface area contributed by atoms with Gasteiger partial charge in [-0.3, -0.25) is 4.79 Å². The van der Waals surface area contributed by atoms with Crippen molar-refractivity contribution in [2.75, 3.05) is 5.32 Å². The first kappa shape index (κ1) is 16.2. The minimum absolute atomic E-state index is 0.00638. The van der Waals surface area contributed by atoms with Crippen molar-refractivity contribution in [2.45, 2.75) is 25.2 Å². The summed E-state index contributed by atoms with van der Waals surface area (Å²) in [4.78, 5) is 13.4. The Morgan fingerprint density at radius 3 is 1.96 bits per heavy atom. The lowest BCUT2D eigenvalue weighted by Gasteiger charge is -2.50. The average molecular weight is 357 g/mol. The molecule has 0 fully saturated rings. The molecule has 0 radical (unpaired) electrons. The molecular formula is C24H20FNO. The highest BCUT2D eigenvalue weighted by Crippen LogP contribution is 2.61. The Morgan fingerprint density at radius 2 is 1.41 bits per heavy atom. The van der Waals surface area contributed by atoms with Crippen molar-refractivity contribution in [2.24, 2.45) is 5.41 Å². The van der Waals surface area contributed by atoms with Gasteiger partial charge in [-0.15, -0.1) is 0 Å². The maximum atomic E-state index is 13.4. The van der Waals surface area contributed by atoms with E-state index >= 15 is 0 Å². The van der Waals surface area contributed by atoms with Crippen molar-refractivity contribution >= 4 is 11.6 Å². The van der Waals surface area contributed by atoms with Gasteiger partial charge in [0.2, 0.25) is 5.91 Å². The first-order valence-corrected chi connectivity index (χ1v) is 9.32. The van der Waals surface area contributed by atoms with Crippen molar-refractivity contribution in [1.29, 1.82) is 0 Å². The molecule has 3 aromatic carbocycles. The molecule has 0 aliphatic heterocycles. The van der Waals surface area contributed by atoms with Crippen LogP contribution in [-0.2, 0) is 4.79 Å². The third kappa shape index (κ3) is 2.34. The van der Waals surface area contributed by atoms with Crippen LogP contribution in [0.15, 0.2) is 72.8 Å². The number of benzene rings is 3. The van der Waals surface area contributed by atoms with Crippen LogP contribution in [0.3, 0.4) is 0 Å². The largest absolute Gasteiger partial charge is 0.326 e. The van der Waals surface area contributed by atoms with Gasteiger partial charge in [-0.25, -0.2) is 4.39 Å². The highest BCUT2D eigenvalue weighted by molar-refractivity contribution is 5.97. The van der Waals surface area contributed by atoms with E-state index in [-0.39, 0.29) is 23.6 Å². The molecule has 3 aliphatic carbocycles. The maximum absolute atomic E-state index is 13.4. The van der Waals surface area contributed by atoms with Gasteiger partial charge in [-0.2, -0.15) is 0 Å². The Bertz CT molecular complexity index is 995. The molecular weight excluding hydrogens is 337 g/mol. The Hall–Kier alpha value is -2.94. The molecule has 0 saturated carbocycles. The Balaban J connectivity index is 1.59. The van der Waals surface area contributed by atoms with Gasteiger partial charge in [0.05, 0.1) is 5.41 Å². The van der Waals surface area contributed by atoms with E-state index in [1.807, 2.05) is 0 Å². The molecule has 1 N–H and O–H groups in total. The molecule has 134 valence electrons. The zero-order valence-electron chi connectivity index (χ0n) is 15.1. The van der Waals surface area contributed by atoms with Crippen LogP contribution >= 0.6 is 0 Å². The number of rotatable bonds is 2. The van der Waals surface area contributed by atoms with Crippen LogP contribution in [0.25, 0.3) is 0 Å². The quantitative estimate of drug-likeness (QED) is 0.649. The first-order chi connectivity index (χ1) is 13.1. The summed E-state index contributed by atoms with van der Waals surface area (Å²) in [6.45, 7) is 2.06. The predicted octanol–water partition coefficient (Wildman–Crippen LogP) is 5.45. The summed E-state index contributed by atoms with van der Waals surface area (Å²) in [6.07, 6.45) is 0.777. The lowest BCUT2D eigenvalue weighted by atomic mass is 9.52. The second-order valence-corrected chi connectivity index (χ2v) is 7.83. The number of halogens is 1. The summed E-state index contributed by atoms with van der Waals surface area (Å²) in [7, 11) is 0. The fourth-order valence-corrected chi connectivity index (χ4v) is 5.00. The summed E-state index contributed by atoms with van der Waals surface area (Å²) in [6, 6.07) is 22.9. The predicted molar refractivity (Wildman–Crippen MR) is 104 cm³/mol. The monoisotopic (exact) mass is 357 g/mol. The minimum Gasteiger partial charge on any atom is -0.326 e.